The van der Waals surface area contributed by atoms with Gasteiger partial charge in [0.25, 0.3) is 0 Å². The lowest BCUT2D eigenvalue weighted by Gasteiger charge is -2.34. The van der Waals surface area contributed by atoms with Gasteiger partial charge >= 0.3 is 0 Å². The average Bonchev–Trinajstić information content (AvgIpc) is 2.38. The first kappa shape index (κ1) is 18.8. The molecule has 102 valence electrons. The van der Waals surface area contributed by atoms with Gasteiger partial charge in [0.1, 0.15) is 0 Å². The maximum atomic E-state index is 3.86. The number of nitrogens with one attached hydrogen (secondary N) is 1. The van der Waals surface area contributed by atoms with Gasteiger partial charge in [0, 0.05) is 19.1 Å². The smallest absolute Gasteiger partial charge is 0.0261 e. The van der Waals surface area contributed by atoms with E-state index in [1.54, 1.807) is 0 Å². The van der Waals surface area contributed by atoms with Crippen molar-refractivity contribution in [1.82, 2.24) is 10.2 Å². The Balaban J connectivity index is 0. The molecule has 0 aromatic heterocycles. The van der Waals surface area contributed by atoms with Gasteiger partial charge in [-0.3, -0.25) is 4.90 Å². The fourth-order valence-electron chi connectivity index (χ4n) is 1.91. The minimum Gasteiger partial charge on any atom is -0.318 e. The van der Waals surface area contributed by atoms with E-state index in [-0.39, 0.29) is 0 Å². The van der Waals surface area contributed by atoms with Crippen molar-refractivity contribution < 1.29 is 0 Å². The first-order chi connectivity index (χ1) is 8.19. The average molecular weight is 240 g/mol. The molecule has 0 amide bonds. The summed E-state index contributed by atoms with van der Waals surface area (Å²) in [5, 5.41) is 3.23. The van der Waals surface area contributed by atoms with Crippen LogP contribution >= 0.6 is 0 Å². The number of hydrogen-bond donors (Lipinski definition) is 1. The molecule has 17 heavy (non-hydrogen) atoms. The van der Waals surface area contributed by atoms with Crippen LogP contribution in [0.3, 0.4) is 0 Å². The van der Waals surface area contributed by atoms with Gasteiger partial charge in [0.2, 0.25) is 0 Å². The van der Waals surface area contributed by atoms with E-state index in [0.29, 0.717) is 6.04 Å². The van der Waals surface area contributed by atoms with Crippen LogP contribution in [-0.4, -0.2) is 38.1 Å². The summed E-state index contributed by atoms with van der Waals surface area (Å²) < 4.78 is 0. The van der Waals surface area contributed by atoms with Crippen LogP contribution in [0.25, 0.3) is 0 Å². The first-order valence-electron chi connectivity index (χ1n) is 6.85. The van der Waals surface area contributed by atoms with Crippen LogP contribution in [0.5, 0.6) is 0 Å². The topological polar surface area (TPSA) is 15.3 Å². The van der Waals surface area contributed by atoms with Gasteiger partial charge in [-0.05, 0) is 33.0 Å². The molecule has 0 aromatic rings. The Kier molecular flexibility index (Phi) is 13.1. The molecule has 0 radical (unpaired) electrons. The number of allylic oxidation sites excluding steroid dienone is 1. The van der Waals surface area contributed by atoms with Gasteiger partial charge in [0.15, 0.2) is 0 Å². The molecule has 0 fully saturated rings. The third kappa shape index (κ3) is 6.64. The molecule has 0 aliphatic carbocycles. The third-order valence-corrected chi connectivity index (χ3v) is 2.80. The molecule has 1 N–H and O–H groups in total. The Labute approximate surface area is 109 Å². The molecule has 1 heterocycles. The fourth-order valence-corrected chi connectivity index (χ4v) is 1.91. The summed E-state index contributed by atoms with van der Waals surface area (Å²) in [6.45, 7) is 16.2. The van der Waals surface area contributed by atoms with Crippen LogP contribution in [0.2, 0.25) is 0 Å². The summed E-state index contributed by atoms with van der Waals surface area (Å²) in [7, 11) is 4.19. The SMILES string of the molecule is C=CC1=C(C)CN(C)C(CNC)C1.CC.CC. The molecule has 2 heteroatoms. The molecular formula is C15H32N2. The molecule has 2 nitrogen and oxygen atoms in total. The highest BCUT2D eigenvalue weighted by molar-refractivity contribution is 5.27. The van der Waals surface area contributed by atoms with Crippen molar-refractivity contribution in [1.29, 1.82) is 0 Å². The van der Waals surface area contributed by atoms with Crippen molar-refractivity contribution in [3.8, 4) is 0 Å². The van der Waals surface area contributed by atoms with Crippen molar-refractivity contribution in [2.45, 2.75) is 47.1 Å². The Morgan fingerprint density at radius 1 is 1.35 bits per heavy atom. The maximum absolute atomic E-state index is 3.86. The van der Waals surface area contributed by atoms with Crippen molar-refractivity contribution in [3.63, 3.8) is 0 Å². The molecular weight excluding hydrogens is 208 g/mol. The van der Waals surface area contributed by atoms with Crippen LogP contribution in [0.1, 0.15) is 41.0 Å². The van der Waals surface area contributed by atoms with E-state index in [0.717, 1.165) is 19.5 Å². The van der Waals surface area contributed by atoms with Crippen molar-refractivity contribution >= 4 is 0 Å². The molecule has 0 aromatic carbocycles. The van der Waals surface area contributed by atoms with Gasteiger partial charge in [-0.15, -0.1) is 0 Å². The molecule has 1 atom stereocenters. The summed E-state index contributed by atoms with van der Waals surface area (Å²) in [4.78, 5) is 2.40. The zero-order valence-corrected chi connectivity index (χ0v) is 12.9. The monoisotopic (exact) mass is 240 g/mol. The van der Waals surface area contributed by atoms with Gasteiger partial charge in [-0.2, -0.15) is 0 Å². The lowest BCUT2D eigenvalue weighted by Crippen LogP contribution is -2.42. The lowest BCUT2D eigenvalue weighted by molar-refractivity contribution is 0.241. The second-order valence-corrected chi connectivity index (χ2v) is 3.84. The van der Waals surface area contributed by atoms with E-state index >= 15 is 0 Å². The van der Waals surface area contributed by atoms with Gasteiger partial charge in [0.05, 0.1) is 0 Å². The van der Waals surface area contributed by atoms with Crippen LogP contribution in [-0.2, 0) is 0 Å². The third-order valence-electron chi connectivity index (χ3n) is 2.80. The first-order valence-corrected chi connectivity index (χ1v) is 6.85. The van der Waals surface area contributed by atoms with E-state index in [1.165, 1.54) is 11.1 Å². The van der Waals surface area contributed by atoms with Crippen LogP contribution in [0.4, 0.5) is 0 Å². The van der Waals surface area contributed by atoms with Crippen LogP contribution in [0.15, 0.2) is 23.8 Å². The number of rotatable bonds is 3. The van der Waals surface area contributed by atoms with Crippen LogP contribution in [0, 0.1) is 0 Å². The number of nitrogens with zero attached hydrogens (tertiary/aromatic N) is 1. The number of hydrogen-bond acceptors (Lipinski definition) is 2. The molecule has 1 aliphatic heterocycles. The standard InChI is InChI=1S/C11H20N2.2C2H6/c1-5-10-6-11(7-12-3)13(4)8-9(10)2;2*1-2/h5,11-12H,1,6-8H2,2-4H3;2*1-2H3. The fraction of sp³-hybridized carbons (Fsp3) is 0.733. The highest BCUT2D eigenvalue weighted by Gasteiger charge is 2.21. The Bertz CT molecular complexity index is 219. The van der Waals surface area contributed by atoms with Gasteiger partial charge in [-0.25, -0.2) is 0 Å². The van der Waals surface area contributed by atoms with Crippen LogP contribution < -0.4 is 5.32 Å². The minimum atomic E-state index is 0.627. The second-order valence-electron chi connectivity index (χ2n) is 3.84. The zero-order chi connectivity index (χ0) is 13.8. The molecule has 1 rings (SSSR count). The molecule has 0 bridgehead atoms. The Morgan fingerprint density at radius 2 is 1.88 bits per heavy atom. The predicted octanol–water partition coefficient (Wildman–Crippen LogP) is 3.46. The zero-order valence-electron chi connectivity index (χ0n) is 12.9. The second kappa shape index (κ2) is 11.9. The summed E-state index contributed by atoms with van der Waals surface area (Å²) >= 11 is 0. The largest absolute Gasteiger partial charge is 0.318 e. The van der Waals surface area contributed by atoms with Crippen molar-refractivity contribution in [2.75, 3.05) is 27.2 Å². The predicted molar refractivity (Wildman–Crippen MR) is 80.6 cm³/mol. The van der Waals surface area contributed by atoms with E-state index in [2.05, 4.69) is 30.8 Å². The molecule has 0 saturated heterocycles. The molecule has 1 unspecified atom stereocenters. The van der Waals surface area contributed by atoms with Gasteiger partial charge < -0.3 is 5.32 Å². The number of likely N-dealkylation sites (N-methyl/N-ethyl adjacent to an activating group) is 2. The van der Waals surface area contributed by atoms with E-state index in [4.69, 9.17) is 0 Å². The summed E-state index contributed by atoms with van der Waals surface area (Å²) in [6, 6.07) is 0.627. The highest BCUT2D eigenvalue weighted by atomic mass is 15.1. The maximum Gasteiger partial charge on any atom is 0.0261 e. The van der Waals surface area contributed by atoms with E-state index in [1.807, 2.05) is 40.8 Å². The van der Waals surface area contributed by atoms with Crippen molar-refractivity contribution in [3.05, 3.63) is 23.8 Å². The summed E-state index contributed by atoms with van der Waals surface area (Å²) in [5.74, 6) is 0. The Morgan fingerprint density at radius 3 is 2.29 bits per heavy atom. The minimum absolute atomic E-state index is 0.627. The van der Waals surface area contributed by atoms with Crippen molar-refractivity contribution in [2.24, 2.45) is 0 Å². The summed E-state index contributed by atoms with van der Waals surface area (Å²) in [5.41, 5.74) is 2.89. The molecule has 0 spiro atoms. The normalized spacial score (nSPS) is 19.8. The van der Waals surface area contributed by atoms with Gasteiger partial charge in [-0.1, -0.05) is 45.9 Å². The molecule has 1 aliphatic rings. The Hall–Kier alpha value is -0.600. The van der Waals surface area contributed by atoms with E-state index in [9.17, 15) is 0 Å². The lowest BCUT2D eigenvalue weighted by atomic mass is 9.95. The quantitative estimate of drug-likeness (QED) is 0.812. The molecule has 0 saturated carbocycles. The van der Waals surface area contributed by atoms with E-state index < -0.39 is 0 Å². The highest BCUT2D eigenvalue weighted by Crippen LogP contribution is 2.21. The summed E-state index contributed by atoms with van der Waals surface area (Å²) in [6.07, 6.45) is 3.14.